The van der Waals surface area contributed by atoms with Gasteiger partial charge in [-0.05, 0) is 37.5 Å². The van der Waals surface area contributed by atoms with Gasteiger partial charge in [-0.2, -0.15) is 0 Å². The van der Waals surface area contributed by atoms with E-state index in [1.165, 1.54) is 19.3 Å². The standard InChI is InChI=1S/C13H26O2Si/c1-3-14-9-15-8-12-5-10-4-11(12)7-13(6-10)16-2/h10-13H,3-9,16H2,1-2H3. The highest BCUT2D eigenvalue weighted by molar-refractivity contribution is 6.35. The SMILES string of the molecule is CCOCOCC1CC2CC([SiH2]C)CC1C2. The average Bonchev–Trinajstić information content (AvgIpc) is 2.59. The zero-order chi connectivity index (χ0) is 11.4. The molecule has 2 fully saturated rings. The third-order valence-electron chi connectivity index (χ3n) is 4.52. The molecule has 0 amide bonds. The monoisotopic (exact) mass is 242 g/mol. The van der Waals surface area contributed by atoms with Gasteiger partial charge in [0.05, 0.1) is 6.61 Å². The van der Waals surface area contributed by atoms with Crippen LogP contribution in [0.15, 0.2) is 0 Å². The molecule has 0 radical (unpaired) electrons. The lowest BCUT2D eigenvalue weighted by Gasteiger charge is -2.27. The van der Waals surface area contributed by atoms with E-state index in [2.05, 4.69) is 6.55 Å². The molecule has 2 saturated carbocycles. The number of hydrogen-bond donors (Lipinski definition) is 0. The van der Waals surface area contributed by atoms with Gasteiger partial charge < -0.3 is 9.47 Å². The summed E-state index contributed by atoms with van der Waals surface area (Å²) in [6.45, 7) is 6.70. The predicted molar refractivity (Wildman–Crippen MR) is 69.5 cm³/mol. The van der Waals surface area contributed by atoms with Crippen molar-refractivity contribution in [2.24, 2.45) is 17.8 Å². The van der Waals surface area contributed by atoms with Crippen LogP contribution < -0.4 is 0 Å². The second-order valence-corrected chi connectivity index (χ2v) is 7.56. The Balaban J connectivity index is 1.72. The molecule has 2 aliphatic rings. The first-order valence-electron chi connectivity index (χ1n) is 6.98. The number of hydrogen-bond acceptors (Lipinski definition) is 2. The summed E-state index contributed by atoms with van der Waals surface area (Å²) in [5, 5.41) is 0. The molecule has 4 atom stereocenters. The van der Waals surface area contributed by atoms with Crippen molar-refractivity contribution in [2.75, 3.05) is 20.0 Å². The van der Waals surface area contributed by atoms with Crippen molar-refractivity contribution in [1.29, 1.82) is 0 Å². The van der Waals surface area contributed by atoms with Crippen molar-refractivity contribution in [3.63, 3.8) is 0 Å². The Morgan fingerprint density at radius 1 is 1.12 bits per heavy atom. The molecule has 4 unspecified atom stereocenters. The topological polar surface area (TPSA) is 18.5 Å². The highest BCUT2D eigenvalue weighted by atomic mass is 28.2. The minimum atomic E-state index is 0.229. The van der Waals surface area contributed by atoms with E-state index >= 15 is 0 Å². The molecule has 0 spiro atoms. The van der Waals surface area contributed by atoms with E-state index in [1.54, 1.807) is 6.42 Å². The van der Waals surface area contributed by atoms with Crippen LogP contribution in [-0.2, 0) is 9.47 Å². The third-order valence-corrected chi connectivity index (χ3v) is 6.34. The van der Waals surface area contributed by atoms with Crippen LogP contribution in [0.2, 0.25) is 12.1 Å². The van der Waals surface area contributed by atoms with Crippen LogP contribution in [0.1, 0.15) is 32.6 Å². The molecule has 0 N–H and O–H groups in total. The van der Waals surface area contributed by atoms with Crippen molar-refractivity contribution >= 4 is 9.52 Å². The van der Waals surface area contributed by atoms with Crippen molar-refractivity contribution in [2.45, 2.75) is 44.7 Å². The largest absolute Gasteiger partial charge is 0.356 e. The second kappa shape index (κ2) is 6.17. The predicted octanol–water partition coefficient (Wildman–Crippen LogP) is 2.44. The quantitative estimate of drug-likeness (QED) is 0.405. The van der Waals surface area contributed by atoms with Crippen molar-refractivity contribution in [3.05, 3.63) is 0 Å². The maximum Gasteiger partial charge on any atom is 0.146 e. The van der Waals surface area contributed by atoms with Crippen LogP contribution in [-0.4, -0.2) is 29.5 Å². The Labute approximate surface area is 102 Å². The molecule has 2 nitrogen and oxygen atoms in total. The lowest BCUT2D eigenvalue weighted by Crippen LogP contribution is -2.19. The van der Waals surface area contributed by atoms with Crippen molar-refractivity contribution < 1.29 is 9.47 Å². The minimum absolute atomic E-state index is 0.229. The lowest BCUT2D eigenvalue weighted by atomic mass is 9.87. The molecule has 0 aromatic rings. The molecule has 94 valence electrons. The van der Waals surface area contributed by atoms with Crippen LogP contribution in [0.3, 0.4) is 0 Å². The first-order valence-corrected chi connectivity index (χ1v) is 9.22. The van der Waals surface area contributed by atoms with Crippen LogP contribution in [0, 0.1) is 17.8 Å². The van der Waals surface area contributed by atoms with Gasteiger partial charge in [-0.15, -0.1) is 0 Å². The Morgan fingerprint density at radius 3 is 2.75 bits per heavy atom. The Kier molecular flexibility index (Phi) is 4.86. The minimum Gasteiger partial charge on any atom is -0.356 e. The summed E-state index contributed by atoms with van der Waals surface area (Å²) < 4.78 is 10.9. The van der Waals surface area contributed by atoms with Crippen molar-refractivity contribution in [1.82, 2.24) is 0 Å². The van der Waals surface area contributed by atoms with Gasteiger partial charge in [0.1, 0.15) is 6.79 Å². The van der Waals surface area contributed by atoms with Crippen LogP contribution in [0.25, 0.3) is 0 Å². The van der Waals surface area contributed by atoms with Gasteiger partial charge in [0, 0.05) is 16.1 Å². The summed E-state index contributed by atoms with van der Waals surface area (Å²) in [7, 11) is 0.229. The highest BCUT2D eigenvalue weighted by Crippen LogP contribution is 2.49. The highest BCUT2D eigenvalue weighted by Gasteiger charge is 2.40. The molecule has 3 heteroatoms. The van der Waals surface area contributed by atoms with E-state index in [9.17, 15) is 0 Å². The third kappa shape index (κ3) is 3.08. The molecule has 0 aliphatic heterocycles. The Hall–Kier alpha value is 0.137. The van der Waals surface area contributed by atoms with Gasteiger partial charge in [-0.25, -0.2) is 0 Å². The normalized spacial score (nSPS) is 38.6. The van der Waals surface area contributed by atoms with E-state index in [0.717, 1.165) is 36.5 Å². The molecule has 2 aliphatic carbocycles. The fourth-order valence-corrected chi connectivity index (χ4v) is 5.26. The zero-order valence-electron chi connectivity index (χ0n) is 10.8. The fourth-order valence-electron chi connectivity index (χ4n) is 3.69. The average molecular weight is 242 g/mol. The summed E-state index contributed by atoms with van der Waals surface area (Å²) >= 11 is 0. The zero-order valence-corrected chi connectivity index (χ0v) is 12.2. The lowest BCUT2D eigenvalue weighted by molar-refractivity contribution is -0.0639. The summed E-state index contributed by atoms with van der Waals surface area (Å²) in [5.74, 6) is 2.87. The second-order valence-electron chi connectivity index (χ2n) is 5.58. The van der Waals surface area contributed by atoms with E-state index in [1.807, 2.05) is 6.92 Å². The van der Waals surface area contributed by atoms with Crippen LogP contribution in [0.4, 0.5) is 0 Å². The van der Waals surface area contributed by atoms with Crippen LogP contribution >= 0.6 is 0 Å². The van der Waals surface area contributed by atoms with Gasteiger partial charge in [-0.1, -0.05) is 24.9 Å². The molecule has 0 heterocycles. The Bertz CT molecular complexity index is 210. The van der Waals surface area contributed by atoms with Gasteiger partial charge >= 0.3 is 0 Å². The molecule has 16 heavy (non-hydrogen) atoms. The maximum atomic E-state index is 5.62. The van der Waals surface area contributed by atoms with Gasteiger partial charge in [0.15, 0.2) is 0 Å². The summed E-state index contributed by atoms with van der Waals surface area (Å²) in [6.07, 6.45) is 5.98. The molecule has 2 rings (SSSR count). The summed E-state index contributed by atoms with van der Waals surface area (Å²) in [5.41, 5.74) is 1.14. The first-order chi connectivity index (χ1) is 7.83. The molecule has 0 aromatic carbocycles. The summed E-state index contributed by atoms with van der Waals surface area (Å²) in [6, 6.07) is 0. The van der Waals surface area contributed by atoms with E-state index in [-0.39, 0.29) is 9.52 Å². The maximum absolute atomic E-state index is 5.62. The van der Waals surface area contributed by atoms with E-state index in [0.29, 0.717) is 6.79 Å². The van der Waals surface area contributed by atoms with E-state index in [4.69, 9.17) is 9.47 Å². The molecule has 0 saturated heterocycles. The van der Waals surface area contributed by atoms with Crippen molar-refractivity contribution in [3.8, 4) is 0 Å². The number of ether oxygens (including phenoxy) is 2. The molecule has 0 aromatic heterocycles. The smallest absolute Gasteiger partial charge is 0.146 e. The number of rotatable bonds is 6. The molecular formula is C13H26O2Si. The first kappa shape index (κ1) is 12.6. The molecule has 2 bridgehead atoms. The van der Waals surface area contributed by atoms with E-state index < -0.39 is 0 Å². The van der Waals surface area contributed by atoms with Gasteiger partial charge in [0.2, 0.25) is 0 Å². The molecular weight excluding hydrogens is 216 g/mol. The Morgan fingerprint density at radius 2 is 2.00 bits per heavy atom. The van der Waals surface area contributed by atoms with Crippen LogP contribution in [0.5, 0.6) is 0 Å². The van der Waals surface area contributed by atoms with Gasteiger partial charge in [0.25, 0.3) is 0 Å². The fraction of sp³-hybridized carbons (Fsp3) is 1.00. The summed E-state index contributed by atoms with van der Waals surface area (Å²) in [4.78, 5) is 0. The van der Waals surface area contributed by atoms with Gasteiger partial charge in [-0.3, -0.25) is 0 Å². The number of fused-ring (bicyclic) bond motifs is 2.